The molecule has 196 valence electrons. The van der Waals surface area contributed by atoms with E-state index in [1.165, 1.54) is 68.9 Å². The summed E-state index contributed by atoms with van der Waals surface area (Å²) >= 11 is 0. The average molecular weight is 485 g/mol. The van der Waals surface area contributed by atoms with Gasteiger partial charge in [-0.25, -0.2) is 4.79 Å². The molecular formula is C31H48O4. The maximum absolute atomic E-state index is 12.5. The number of phenolic OH excluding ortho intramolecular Hbond substituents is 1. The lowest BCUT2D eigenvalue weighted by molar-refractivity contribution is -0.0546. The summed E-state index contributed by atoms with van der Waals surface area (Å²) in [5, 5.41) is 9.89. The number of benzene rings is 1. The number of phenols is 1. The third-order valence-electron chi connectivity index (χ3n) is 9.58. The second-order valence-corrected chi connectivity index (χ2v) is 11.8. The number of aryl methyl sites for hydroxylation is 1. The number of carbonyl (C=O) groups is 1. The van der Waals surface area contributed by atoms with E-state index in [-0.39, 0.29) is 11.5 Å². The Balaban J connectivity index is 1.16. The summed E-state index contributed by atoms with van der Waals surface area (Å²) in [6.45, 7) is 5.10. The molecule has 1 N–H and O–H groups in total. The molecule has 0 spiro atoms. The van der Waals surface area contributed by atoms with Gasteiger partial charge in [0.1, 0.15) is 11.9 Å². The van der Waals surface area contributed by atoms with Crippen molar-refractivity contribution in [2.24, 2.45) is 17.3 Å². The molecule has 5 atom stereocenters. The lowest BCUT2D eigenvalue weighted by atomic mass is 9.55. The second kappa shape index (κ2) is 12.5. The number of aromatic hydroxyl groups is 1. The number of unbranched alkanes of at least 4 members (excludes halogenated alkanes) is 9. The third-order valence-corrected chi connectivity index (χ3v) is 9.58. The molecule has 0 heterocycles. The molecule has 2 fully saturated rings. The van der Waals surface area contributed by atoms with Crippen LogP contribution in [-0.4, -0.2) is 24.0 Å². The maximum atomic E-state index is 12.5. The molecule has 0 aromatic heterocycles. The Morgan fingerprint density at radius 2 is 1.69 bits per heavy atom. The molecule has 0 amide bonds. The van der Waals surface area contributed by atoms with E-state index in [0.717, 1.165) is 44.9 Å². The van der Waals surface area contributed by atoms with Crippen LogP contribution in [-0.2, 0) is 15.9 Å². The van der Waals surface area contributed by atoms with Crippen molar-refractivity contribution in [2.45, 2.75) is 129 Å². The molecule has 3 unspecified atom stereocenters. The van der Waals surface area contributed by atoms with Gasteiger partial charge in [0.05, 0.1) is 6.61 Å². The quantitative estimate of drug-likeness (QED) is 0.238. The highest BCUT2D eigenvalue weighted by atomic mass is 16.7. The van der Waals surface area contributed by atoms with Crippen LogP contribution in [0.3, 0.4) is 0 Å². The first kappa shape index (κ1) is 26.4. The van der Waals surface area contributed by atoms with Crippen molar-refractivity contribution in [2.75, 3.05) is 6.61 Å². The van der Waals surface area contributed by atoms with Gasteiger partial charge >= 0.3 is 6.16 Å². The van der Waals surface area contributed by atoms with Crippen LogP contribution in [0, 0.1) is 17.3 Å². The zero-order valence-electron chi connectivity index (χ0n) is 22.2. The minimum absolute atomic E-state index is 0.0186. The van der Waals surface area contributed by atoms with Crippen molar-refractivity contribution < 1.29 is 19.4 Å². The topological polar surface area (TPSA) is 55.8 Å². The van der Waals surface area contributed by atoms with Crippen LogP contribution in [0.5, 0.6) is 5.75 Å². The number of rotatable bonds is 12. The molecule has 0 saturated heterocycles. The van der Waals surface area contributed by atoms with Gasteiger partial charge in [0.2, 0.25) is 0 Å². The molecule has 4 rings (SSSR count). The number of hydrogen-bond acceptors (Lipinski definition) is 4. The zero-order chi connectivity index (χ0) is 24.7. The van der Waals surface area contributed by atoms with Gasteiger partial charge in [-0.3, -0.25) is 0 Å². The van der Waals surface area contributed by atoms with Crippen LogP contribution < -0.4 is 0 Å². The van der Waals surface area contributed by atoms with Gasteiger partial charge in [-0.05, 0) is 86.0 Å². The first-order valence-corrected chi connectivity index (χ1v) is 14.7. The molecule has 2 saturated carbocycles. The van der Waals surface area contributed by atoms with Gasteiger partial charge in [0, 0.05) is 5.41 Å². The molecule has 4 nitrogen and oxygen atoms in total. The molecule has 0 bridgehead atoms. The summed E-state index contributed by atoms with van der Waals surface area (Å²) in [7, 11) is 0. The Hall–Kier alpha value is -1.71. The number of carbonyl (C=O) groups excluding carboxylic acids is 1. The Morgan fingerprint density at radius 1 is 0.971 bits per heavy atom. The molecule has 3 aliphatic carbocycles. The van der Waals surface area contributed by atoms with E-state index in [1.807, 2.05) is 12.1 Å². The largest absolute Gasteiger partial charge is 0.508 e. The maximum Gasteiger partial charge on any atom is 0.508 e. The second-order valence-electron chi connectivity index (χ2n) is 11.8. The van der Waals surface area contributed by atoms with E-state index in [2.05, 4.69) is 19.9 Å². The van der Waals surface area contributed by atoms with Crippen molar-refractivity contribution in [3.05, 3.63) is 29.3 Å². The lowest BCUT2D eigenvalue weighted by Crippen LogP contribution is -2.45. The fraction of sp³-hybridized carbons (Fsp3) is 0.774. The summed E-state index contributed by atoms with van der Waals surface area (Å²) in [6.07, 6.45) is 18.8. The van der Waals surface area contributed by atoms with Gasteiger partial charge in [-0.2, -0.15) is 0 Å². The predicted molar refractivity (Wildman–Crippen MR) is 141 cm³/mol. The monoisotopic (exact) mass is 484 g/mol. The first-order chi connectivity index (χ1) is 17.0. The molecule has 1 aromatic rings. The number of hydrogen-bond donors (Lipinski definition) is 1. The number of fused-ring (bicyclic) bond motifs is 5. The summed E-state index contributed by atoms with van der Waals surface area (Å²) in [5.74, 6) is 2.22. The Morgan fingerprint density at radius 3 is 2.43 bits per heavy atom. The van der Waals surface area contributed by atoms with E-state index in [9.17, 15) is 9.90 Å². The van der Waals surface area contributed by atoms with Gasteiger partial charge in [0.25, 0.3) is 0 Å². The SMILES string of the molecule is CCCCCCCCCCCCOC(=O)O[C@H]1CCC2C3CCc4cc(O)ccc4C3CC[C@@]21C. The Bertz CT molecular complexity index is 820. The zero-order valence-corrected chi connectivity index (χ0v) is 22.2. The first-order valence-electron chi connectivity index (χ1n) is 14.7. The smallest absolute Gasteiger partial charge is 0.508 e. The van der Waals surface area contributed by atoms with Gasteiger partial charge in [-0.15, -0.1) is 0 Å². The highest BCUT2D eigenvalue weighted by Crippen LogP contribution is 2.61. The van der Waals surface area contributed by atoms with Crippen LogP contribution in [0.4, 0.5) is 4.79 Å². The third kappa shape index (κ3) is 6.35. The van der Waals surface area contributed by atoms with Crippen molar-refractivity contribution in [1.82, 2.24) is 0 Å². The normalized spacial score (nSPS) is 29.2. The van der Waals surface area contributed by atoms with Crippen LogP contribution in [0.2, 0.25) is 0 Å². The van der Waals surface area contributed by atoms with Crippen molar-refractivity contribution >= 4 is 6.16 Å². The Labute approximate surface area is 213 Å². The summed E-state index contributed by atoms with van der Waals surface area (Å²) < 4.78 is 11.4. The minimum atomic E-state index is -0.459. The average Bonchev–Trinajstić information content (AvgIpc) is 3.18. The predicted octanol–water partition coefficient (Wildman–Crippen LogP) is 8.69. The Kier molecular flexibility index (Phi) is 9.41. The van der Waals surface area contributed by atoms with Crippen LogP contribution in [0.25, 0.3) is 0 Å². The molecule has 4 heteroatoms. The highest BCUT2D eigenvalue weighted by molar-refractivity contribution is 5.60. The van der Waals surface area contributed by atoms with E-state index in [1.54, 1.807) is 0 Å². The molecule has 0 radical (unpaired) electrons. The molecule has 35 heavy (non-hydrogen) atoms. The van der Waals surface area contributed by atoms with Gasteiger partial charge < -0.3 is 14.6 Å². The minimum Gasteiger partial charge on any atom is -0.508 e. The van der Waals surface area contributed by atoms with Gasteiger partial charge in [-0.1, -0.05) is 77.7 Å². The van der Waals surface area contributed by atoms with Crippen molar-refractivity contribution in [3.63, 3.8) is 0 Å². The fourth-order valence-electron chi connectivity index (χ4n) is 7.61. The van der Waals surface area contributed by atoms with Crippen molar-refractivity contribution in [3.8, 4) is 5.75 Å². The van der Waals surface area contributed by atoms with Crippen LogP contribution >= 0.6 is 0 Å². The standard InChI is InChI=1S/C31H48O4/c1-3-4-5-6-7-8-9-10-11-12-21-34-30(33)35-29-18-17-28-27-15-13-23-22-24(32)14-16-25(23)26(27)19-20-31(28,29)2/h14,16,22,26-29,32H,3-13,15,17-21H2,1-2H3/t26?,27?,28?,29-,31-/m0/s1. The van der Waals surface area contributed by atoms with Crippen LogP contribution in [0.1, 0.15) is 127 Å². The molecular weight excluding hydrogens is 436 g/mol. The molecule has 3 aliphatic rings. The van der Waals surface area contributed by atoms with E-state index in [0.29, 0.717) is 30.1 Å². The molecule has 1 aromatic carbocycles. The van der Waals surface area contributed by atoms with E-state index < -0.39 is 6.16 Å². The van der Waals surface area contributed by atoms with E-state index in [4.69, 9.17) is 9.47 Å². The summed E-state index contributed by atoms with van der Waals surface area (Å²) in [5.41, 5.74) is 2.84. The van der Waals surface area contributed by atoms with Crippen LogP contribution in [0.15, 0.2) is 18.2 Å². The van der Waals surface area contributed by atoms with Crippen molar-refractivity contribution in [1.29, 1.82) is 0 Å². The number of ether oxygens (including phenoxy) is 2. The van der Waals surface area contributed by atoms with Gasteiger partial charge in [0.15, 0.2) is 0 Å². The molecule has 0 aliphatic heterocycles. The summed E-state index contributed by atoms with van der Waals surface area (Å²) in [4.78, 5) is 12.5. The fourth-order valence-corrected chi connectivity index (χ4v) is 7.61. The summed E-state index contributed by atoms with van der Waals surface area (Å²) in [6, 6.07) is 5.96. The van der Waals surface area contributed by atoms with E-state index >= 15 is 0 Å². The highest BCUT2D eigenvalue weighted by Gasteiger charge is 2.56. The lowest BCUT2D eigenvalue weighted by Gasteiger charge is -2.50.